The van der Waals surface area contributed by atoms with Gasteiger partial charge in [0.15, 0.2) is 0 Å². The Balaban J connectivity index is 5.12. The van der Waals surface area contributed by atoms with Crippen molar-refractivity contribution >= 4 is 5.45 Å². The van der Waals surface area contributed by atoms with Crippen molar-refractivity contribution in [2.24, 2.45) is 0 Å². The van der Waals surface area contributed by atoms with E-state index in [1.807, 2.05) is 0 Å². The molecule has 86 valence electrons. The van der Waals surface area contributed by atoms with Crippen molar-refractivity contribution in [2.75, 3.05) is 0 Å². The Labute approximate surface area is 93.2 Å². The molecule has 0 radical (unpaired) electrons. The average Bonchev–Trinajstić information content (AvgIpc) is 1.83. The van der Waals surface area contributed by atoms with Crippen LogP contribution in [0.15, 0.2) is 0 Å². The molecule has 0 spiro atoms. The van der Waals surface area contributed by atoms with Crippen molar-refractivity contribution in [3.05, 3.63) is 0 Å². The van der Waals surface area contributed by atoms with Gasteiger partial charge in [-0.1, -0.05) is 0 Å². The Kier molecular flexibility index (Phi) is 5.14. The van der Waals surface area contributed by atoms with Gasteiger partial charge < -0.3 is 0 Å². The van der Waals surface area contributed by atoms with Crippen LogP contribution in [0.4, 0.5) is 0 Å². The van der Waals surface area contributed by atoms with Gasteiger partial charge in [0.25, 0.3) is 0 Å². The second kappa shape index (κ2) is 4.74. The van der Waals surface area contributed by atoms with Gasteiger partial charge in [0.05, 0.1) is 0 Å². The van der Waals surface area contributed by atoms with Gasteiger partial charge in [-0.15, -0.1) is 0 Å². The second-order valence-electron chi connectivity index (χ2n) is 5.43. The minimum atomic E-state index is -1.08. The molecule has 0 nitrogen and oxygen atoms in total. The first kappa shape index (κ1) is 14.1. The van der Waals surface area contributed by atoms with Crippen LogP contribution >= 0.6 is 5.45 Å². The van der Waals surface area contributed by atoms with E-state index >= 15 is 0 Å². The zero-order chi connectivity index (χ0) is 10.9. The first-order chi connectivity index (χ1) is 5.70. The van der Waals surface area contributed by atoms with Crippen molar-refractivity contribution < 1.29 is 17.5 Å². The molecular weight excluding hydrogens is 270 g/mol. The second-order valence-corrected chi connectivity index (χ2v) is 17.2. The SMILES string of the molecule is [CH3][Pd][PH](C(C)C)(C(C)C)C(C)(C)C. The van der Waals surface area contributed by atoms with Crippen LogP contribution in [-0.4, -0.2) is 16.5 Å². The molecule has 0 aliphatic rings. The molecule has 0 aromatic heterocycles. The van der Waals surface area contributed by atoms with E-state index in [4.69, 9.17) is 0 Å². The molecule has 0 aliphatic carbocycles. The van der Waals surface area contributed by atoms with E-state index in [2.05, 4.69) is 53.9 Å². The van der Waals surface area contributed by atoms with Gasteiger partial charge in [0, 0.05) is 0 Å². The maximum absolute atomic E-state index is 2.46. The molecule has 0 atom stereocenters. The standard InChI is InChI=1S/C10H23P.CH3.Pd/c1-8(2)11(9(3)4)10(5,6)7;;/h8-9H,1-7H3;1H3;/q;;-1/p+1. The Morgan fingerprint density at radius 1 is 0.923 bits per heavy atom. The van der Waals surface area contributed by atoms with Crippen LogP contribution in [0.5, 0.6) is 0 Å². The third kappa shape index (κ3) is 2.56. The number of rotatable bonds is 3. The summed E-state index contributed by atoms with van der Waals surface area (Å²) in [6.07, 6.45) is 0. The van der Waals surface area contributed by atoms with E-state index in [9.17, 15) is 0 Å². The molecule has 0 saturated heterocycles. The van der Waals surface area contributed by atoms with Gasteiger partial charge in [-0.3, -0.25) is 0 Å². The van der Waals surface area contributed by atoms with Gasteiger partial charge >= 0.3 is 93.3 Å². The number of hydrogen-bond donors (Lipinski definition) is 0. The Morgan fingerprint density at radius 2 is 1.23 bits per heavy atom. The fourth-order valence-corrected chi connectivity index (χ4v) is 17.9. The van der Waals surface area contributed by atoms with Crippen molar-refractivity contribution in [1.29, 1.82) is 0 Å². The number of hydrogen-bond acceptors (Lipinski definition) is 0. The quantitative estimate of drug-likeness (QED) is 0.535. The predicted octanol–water partition coefficient (Wildman–Crippen LogP) is 4.40. The molecule has 2 heteroatoms. The normalized spacial score (nSPS) is 15.8. The van der Waals surface area contributed by atoms with Crippen LogP contribution in [0.2, 0.25) is 5.40 Å². The summed E-state index contributed by atoms with van der Waals surface area (Å²) < 4.78 is 0. The van der Waals surface area contributed by atoms with E-state index in [0.717, 1.165) is 28.8 Å². The topological polar surface area (TPSA) is 0 Å². The van der Waals surface area contributed by atoms with Crippen molar-refractivity contribution in [3.8, 4) is 0 Å². The summed E-state index contributed by atoms with van der Waals surface area (Å²) in [5, 5.41) is 3.02. The van der Waals surface area contributed by atoms with Gasteiger partial charge in [-0.2, -0.15) is 0 Å². The minimum absolute atomic E-state index is 0.568. The van der Waals surface area contributed by atoms with Crippen LogP contribution in [0.3, 0.4) is 0 Å². The monoisotopic (exact) mass is 296 g/mol. The molecule has 0 aromatic carbocycles. The zero-order valence-corrected chi connectivity index (χ0v) is 13.0. The van der Waals surface area contributed by atoms with E-state index in [1.54, 1.807) is 0 Å². The van der Waals surface area contributed by atoms with E-state index in [-0.39, 0.29) is 0 Å². The van der Waals surface area contributed by atoms with Crippen LogP contribution < -0.4 is 0 Å². The Hall–Kier alpha value is 1.09. The molecule has 0 heterocycles. The first-order valence-electron chi connectivity index (χ1n) is 5.11. The van der Waals surface area contributed by atoms with Crippen molar-refractivity contribution in [2.45, 2.75) is 70.3 Å². The molecule has 0 N–H and O–H groups in total. The van der Waals surface area contributed by atoms with E-state index in [1.165, 1.54) is 0 Å². The zero-order valence-electron chi connectivity index (χ0n) is 10.5. The van der Waals surface area contributed by atoms with Gasteiger partial charge in [0.2, 0.25) is 0 Å². The molecule has 13 heavy (non-hydrogen) atoms. The van der Waals surface area contributed by atoms with Gasteiger partial charge in [-0.25, -0.2) is 0 Å². The predicted molar refractivity (Wildman–Crippen MR) is 64.2 cm³/mol. The Morgan fingerprint density at radius 3 is 1.23 bits per heavy atom. The van der Waals surface area contributed by atoms with Crippen LogP contribution in [0, 0.1) is 0 Å². The van der Waals surface area contributed by atoms with Crippen LogP contribution in [0.1, 0.15) is 48.5 Å². The third-order valence-electron chi connectivity index (χ3n) is 2.97. The molecule has 0 aromatic rings. The third-order valence-corrected chi connectivity index (χ3v) is 21.7. The summed E-state index contributed by atoms with van der Waals surface area (Å²) >= 11 is 0.968. The average molecular weight is 297 g/mol. The van der Waals surface area contributed by atoms with Crippen LogP contribution in [-0.2, 0) is 17.5 Å². The summed E-state index contributed by atoms with van der Waals surface area (Å²) in [7, 11) is 0. The van der Waals surface area contributed by atoms with E-state index in [0.29, 0.717) is 5.16 Å². The molecule has 0 unspecified atom stereocenters. The maximum atomic E-state index is 2.46. The summed E-state index contributed by atoms with van der Waals surface area (Å²) in [5.41, 5.74) is 0.770. The molecule has 0 aliphatic heterocycles. The van der Waals surface area contributed by atoms with Gasteiger partial charge in [-0.05, 0) is 0 Å². The summed E-state index contributed by atoms with van der Waals surface area (Å²) in [6, 6.07) is 0. The molecular formula is C11H27PPd. The Bertz CT molecular complexity index is 148. The molecule has 0 saturated carbocycles. The first-order valence-corrected chi connectivity index (χ1v) is 11.0. The van der Waals surface area contributed by atoms with Gasteiger partial charge in [0.1, 0.15) is 0 Å². The molecule has 0 bridgehead atoms. The van der Waals surface area contributed by atoms with Crippen molar-refractivity contribution in [1.82, 2.24) is 0 Å². The molecule has 0 fully saturated rings. The van der Waals surface area contributed by atoms with Crippen molar-refractivity contribution in [3.63, 3.8) is 0 Å². The fraction of sp³-hybridized carbons (Fsp3) is 1.00. The van der Waals surface area contributed by atoms with Crippen LogP contribution in [0.25, 0.3) is 0 Å². The van der Waals surface area contributed by atoms with E-state index < -0.39 is 5.45 Å². The molecule has 0 amide bonds. The fourth-order valence-electron chi connectivity index (χ4n) is 3.00. The summed E-state index contributed by atoms with van der Waals surface area (Å²) in [4.78, 5) is 0. The summed E-state index contributed by atoms with van der Waals surface area (Å²) in [5.74, 6) is 0. The molecule has 0 rings (SSSR count). The summed E-state index contributed by atoms with van der Waals surface area (Å²) in [6.45, 7) is 17.2.